The fraction of sp³-hybridized carbons (Fsp3) is 0.385. The molecular weight excluding hydrogens is 287 g/mol. The van der Waals surface area contributed by atoms with Crippen molar-refractivity contribution in [1.82, 2.24) is 4.90 Å². The molecule has 1 aromatic rings. The van der Waals surface area contributed by atoms with Gasteiger partial charge in [0.2, 0.25) is 0 Å². The fourth-order valence-corrected chi connectivity index (χ4v) is 1.72. The number of rotatable bonds is 4. The van der Waals surface area contributed by atoms with Gasteiger partial charge in [-0.15, -0.1) is 0 Å². The molecule has 0 spiro atoms. The van der Waals surface area contributed by atoms with Crippen molar-refractivity contribution in [1.29, 1.82) is 0 Å². The van der Waals surface area contributed by atoms with Gasteiger partial charge in [0.05, 0.1) is 0 Å². The van der Waals surface area contributed by atoms with Crippen LogP contribution in [0.4, 0.5) is 13.2 Å². The molecular formula is C13H16F3N3O2. The van der Waals surface area contributed by atoms with Crippen LogP contribution in [-0.4, -0.2) is 40.6 Å². The highest BCUT2D eigenvalue weighted by Gasteiger charge is 2.34. The van der Waals surface area contributed by atoms with Crippen LogP contribution in [-0.2, 0) is 0 Å². The summed E-state index contributed by atoms with van der Waals surface area (Å²) in [6.45, 7) is 1.66. The lowest BCUT2D eigenvalue weighted by molar-refractivity contribution is -0.143. The summed E-state index contributed by atoms with van der Waals surface area (Å²) < 4.78 is 37.6. The Hall–Kier alpha value is -2.25. The van der Waals surface area contributed by atoms with Gasteiger partial charge in [-0.3, -0.25) is 4.79 Å². The van der Waals surface area contributed by atoms with E-state index in [0.717, 1.165) is 0 Å². The number of amides is 1. The number of oxime groups is 1. The number of nitrogens with two attached hydrogens (primary N) is 1. The third kappa shape index (κ3) is 4.66. The Bertz CT molecular complexity index is 542. The molecule has 1 aromatic carbocycles. The Morgan fingerprint density at radius 1 is 1.38 bits per heavy atom. The Balaban J connectivity index is 3.10. The van der Waals surface area contributed by atoms with E-state index in [1.807, 2.05) is 0 Å². The number of alkyl halides is 3. The summed E-state index contributed by atoms with van der Waals surface area (Å²) in [5.74, 6) is -0.994. The second-order valence-electron chi connectivity index (χ2n) is 4.71. The second-order valence-corrected chi connectivity index (χ2v) is 4.71. The lowest BCUT2D eigenvalue weighted by Crippen LogP contribution is -2.43. The third-order valence-electron chi connectivity index (χ3n) is 2.75. The first-order chi connectivity index (χ1) is 9.65. The van der Waals surface area contributed by atoms with Crippen LogP contribution in [0.25, 0.3) is 0 Å². The predicted octanol–water partition coefficient (Wildman–Crippen LogP) is 2.19. The van der Waals surface area contributed by atoms with Gasteiger partial charge in [0.15, 0.2) is 5.84 Å². The summed E-state index contributed by atoms with van der Waals surface area (Å²) in [6.07, 6.45) is -4.48. The molecule has 0 bridgehead atoms. The summed E-state index contributed by atoms with van der Waals surface area (Å²) in [7, 11) is 0. The van der Waals surface area contributed by atoms with Crippen molar-refractivity contribution in [2.24, 2.45) is 10.9 Å². The maximum absolute atomic E-state index is 12.5. The zero-order valence-corrected chi connectivity index (χ0v) is 11.6. The summed E-state index contributed by atoms with van der Waals surface area (Å²) in [5, 5.41) is 11.4. The minimum atomic E-state index is -4.48. The van der Waals surface area contributed by atoms with Gasteiger partial charge in [0.25, 0.3) is 5.91 Å². The highest BCUT2D eigenvalue weighted by Crippen LogP contribution is 2.20. The van der Waals surface area contributed by atoms with Crippen molar-refractivity contribution in [3.05, 3.63) is 35.4 Å². The van der Waals surface area contributed by atoms with Gasteiger partial charge in [-0.2, -0.15) is 13.2 Å². The molecule has 1 amide bonds. The van der Waals surface area contributed by atoms with Crippen LogP contribution in [0.3, 0.4) is 0 Å². The number of carbonyl (C=O) groups is 1. The van der Waals surface area contributed by atoms with Gasteiger partial charge in [0, 0.05) is 17.2 Å². The SMILES string of the molecule is CC(C)N(CC(F)(F)F)C(=O)c1cccc(C(N)=NO)c1. The van der Waals surface area contributed by atoms with Crippen molar-refractivity contribution in [2.45, 2.75) is 26.1 Å². The van der Waals surface area contributed by atoms with E-state index in [2.05, 4.69) is 5.16 Å². The van der Waals surface area contributed by atoms with E-state index >= 15 is 0 Å². The minimum absolute atomic E-state index is 0.0389. The van der Waals surface area contributed by atoms with Crippen LogP contribution < -0.4 is 5.73 Å². The molecule has 0 saturated heterocycles. The summed E-state index contributed by atoms with van der Waals surface area (Å²) in [4.78, 5) is 12.9. The molecule has 5 nitrogen and oxygen atoms in total. The third-order valence-corrected chi connectivity index (χ3v) is 2.75. The first kappa shape index (κ1) is 16.8. The van der Waals surface area contributed by atoms with Crippen molar-refractivity contribution >= 4 is 11.7 Å². The normalized spacial score (nSPS) is 12.6. The van der Waals surface area contributed by atoms with E-state index in [1.54, 1.807) is 0 Å². The quantitative estimate of drug-likeness (QED) is 0.387. The monoisotopic (exact) mass is 303 g/mol. The molecule has 21 heavy (non-hydrogen) atoms. The van der Waals surface area contributed by atoms with Gasteiger partial charge >= 0.3 is 6.18 Å². The molecule has 0 unspecified atom stereocenters. The van der Waals surface area contributed by atoms with E-state index in [1.165, 1.54) is 38.1 Å². The van der Waals surface area contributed by atoms with E-state index in [-0.39, 0.29) is 17.0 Å². The molecule has 3 N–H and O–H groups in total. The van der Waals surface area contributed by atoms with Crippen LogP contribution in [0.5, 0.6) is 0 Å². The number of amidine groups is 1. The highest BCUT2D eigenvalue weighted by atomic mass is 19.4. The van der Waals surface area contributed by atoms with Gasteiger partial charge in [-0.05, 0) is 26.0 Å². The summed E-state index contributed by atoms with van der Waals surface area (Å²) in [5.41, 5.74) is 5.68. The van der Waals surface area contributed by atoms with E-state index in [4.69, 9.17) is 10.9 Å². The summed E-state index contributed by atoms with van der Waals surface area (Å²) >= 11 is 0. The Morgan fingerprint density at radius 3 is 2.43 bits per heavy atom. The second kappa shape index (κ2) is 6.47. The minimum Gasteiger partial charge on any atom is -0.409 e. The number of hydrogen-bond acceptors (Lipinski definition) is 3. The molecule has 0 heterocycles. The molecule has 0 aliphatic carbocycles. The van der Waals surface area contributed by atoms with E-state index in [0.29, 0.717) is 4.90 Å². The zero-order chi connectivity index (χ0) is 16.2. The fourth-order valence-electron chi connectivity index (χ4n) is 1.72. The molecule has 0 fully saturated rings. The Morgan fingerprint density at radius 2 is 1.95 bits per heavy atom. The van der Waals surface area contributed by atoms with Gasteiger partial charge < -0.3 is 15.8 Å². The number of halogens is 3. The van der Waals surface area contributed by atoms with Crippen molar-refractivity contribution in [2.75, 3.05) is 6.54 Å². The number of carbonyl (C=O) groups excluding carboxylic acids is 1. The van der Waals surface area contributed by atoms with Gasteiger partial charge in [0.1, 0.15) is 6.54 Å². The van der Waals surface area contributed by atoms with Crippen LogP contribution in [0, 0.1) is 0 Å². The van der Waals surface area contributed by atoms with Crippen molar-refractivity contribution < 1.29 is 23.2 Å². The van der Waals surface area contributed by atoms with Crippen LogP contribution in [0.15, 0.2) is 29.4 Å². The van der Waals surface area contributed by atoms with Crippen LogP contribution in [0.2, 0.25) is 0 Å². The van der Waals surface area contributed by atoms with Crippen LogP contribution in [0.1, 0.15) is 29.8 Å². The molecule has 1 rings (SSSR count). The lowest BCUT2D eigenvalue weighted by atomic mass is 10.1. The van der Waals surface area contributed by atoms with Gasteiger partial charge in [-0.25, -0.2) is 0 Å². The molecule has 0 radical (unpaired) electrons. The molecule has 0 aliphatic heterocycles. The Labute approximate surface area is 119 Å². The molecule has 116 valence electrons. The number of benzene rings is 1. The maximum atomic E-state index is 12.5. The zero-order valence-electron chi connectivity index (χ0n) is 11.6. The molecule has 0 saturated carbocycles. The maximum Gasteiger partial charge on any atom is 0.406 e. The van der Waals surface area contributed by atoms with E-state index < -0.39 is 24.7 Å². The largest absolute Gasteiger partial charge is 0.409 e. The smallest absolute Gasteiger partial charge is 0.406 e. The molecule has 0 aromatic heterocycles. The summed E-state index contributed by atoms with van der Waals surface area (Å²) in [6, 6.07) is 4.97. The van der Waals surface area contributed by atoms with Crippen molar-refractivity contribution in [3.8, 4) is 0 Å². The predicted molar refractivity (Wildman–Crippen MR) is 71.2 cm³/mol. The van der Waals surface area contributed by atoms with Crippen molar-refractivity contribution in [3.63, 3.8) is 0 Å². The first-order valence-electron chi connectivity index (χ1n) is 6.11. The Kier molecular flexibility index (Phi) is 5.17. The standard InChI is InChI=1S/C13H16F3N3O2/c1-8(2)19(7-13(14,15)16)12(20)10-5-3-4-9(6-10)11(17)18-21/h3-6,8,21H,7H2,1-2H3,(H2,17,18). The molecule has 0 atom stereocenters. The number of nitrogens with zero attached hydrogens (tertiary/aromatic N) is 2. The van der Waals surface area contributed by atoms with Crippen LogP contribution >= 0.6 is 0 Å². The average molecular weight is 303 g/mol. The molecule has 8 heteroatoms. The van der Waals surface area contributed by atoms with Gasteiger partial charge in [-0.1, -0.05) is 17.3 Å². The highest BCUT2D eigenvalue weighted by molar-refractivity contribution is 6.01. The lowest BCUT2D eigenvalue weighted by Gasteiger charge is -2.27. The van der Waals surface area contributed by atoms with E-state index in [9.17, 15) is 18.0 Å². The number of hydrogen-bond donors (Lipinski definition) is 2. The topological polar surface area (TPSA) is 78.9 Å². The average Bonchev–Trinajstić information content (AvgIpc) is 2.42. The molecule has 0 aliphatic rings. The first-order valence-corrected chi connectivity index (χ1v) is 6.11.